The van der Waals surface area contributed by atoms with E-state index in [0.29, 0.717) is 23.1 Å². The third-order valence-corrected chi connectivity index (χ3v) is 5.21. The van der Waals surface area contributed by atoms with Crippen molar-refractivity contribution in [3.63, 3.8) is 0 Å². The Balaban J connectivity index is 2.17. The minimum Gasteiger partial charge on any atom is -0.394 e. The summed E-state index contributed by atoms with van der Waals surface area (Å²) in [4.78, 5) is 16.4. The fourth-order valence-corrected chi connectivity index (χ4v) is 3.27. The summed E-state index contributed by atoms with van der Waals surface area (Å²) in [6.45, 7) is 6.48. The summed E-state index contributed by atoms with van der Waals surface area (Å²) in [5.74, 6) is -0.221. The molecular weight excluding hydrogens is 336 g/mol. The number of halogens is 1. The number of rotatable bonds is 5. The summed E-state index contributed by atoms with van der Waals surface area (Å²) >= 11 is 3.32. The fourth-order valence-electron chi connectivity index (χ4n) is 2.84. The van der Waals surface area contributed by atoms with Crippen LogP contribution in [0.15, 0.2) is 22.9 Å². The summed E-state index contributed by atoms with van der Waals surface area (Å²) < 4.78 is 6.31. The molecule has 21 heavy (non-hydrogen) atoms. The van der Waals surface area contributed by atoms with Gasteiger partial charge in [-0.3, -0.25) is 9.78 Å². The van der Waals surface area contributed by atoms with Crippen molar-refractivity contribution in [1.82, 2.24) is 10.3 Å². The van der Waals surface area contributed by atoms with E-state index >= 15 is 0 Å². The molecule has 1 aromatic rings. The van der Waals surface area contributed by atoms with Gasteiger partial charge in [0.2, 0.25) is 0 Å². The van der Waals surface area contributed by atoms with Crippen molar-refractivity contribution in [2.75, 3.05) is 13.2 Å². The number of carbonyl (C=O) groups is 1. The molecule has 2 N–H and O–H groups in total. The Labute approximate surface area is 133 Å². The van der Waals surface area contributed by atoms with Crippen LogP contribution in [0.2, 0.25) is 0 Å². The normalized spacial score (nSPS) is 27.0. The first kappa shape index (κ1) is 16.4. The SMILES string of the molecule is CCOC1CC(CO)(NC(=O)c2ccncc2Br)C1(C)C. The van der Waals surface area contributed by atoms with Crippen LogP contribution in [0.25, 0.3) is 0 Å². The van der Waals surface area contributed by atoms with Crippen molar-refractivity contribution >= 4 is 21.8 Å². The molecule has 0 radical (unpaired) electrons. The molecule has 0 aromatic carbocycles. The second kappa shape index (κ2) is 6.02. The van der Waals surface area contributed by atoms with Crippen molar-refractivity contribution < 1.29 is 14.6 Å². The minimum absolute atomic E-state index is 0.0378. The van der Waals surface area contributed by atoms with Crippen molar-refractivity contribution in [2.45, 2.75) is 38.8 Å². The number of aliphatic hydroxyl groups is 1. The summed E-state index contributed by atoms with van der Waals surface area (Å²) in [6.07, 6.45) is 3.80. The zero-order valence-corrected chi connectivity index (χ0v) is 14.1. The second-order valence-electron chi connectivity index (χ2n) is 5.92. The average molecular weight is 357 g/mol. The van der Waals surface area contributed by atoms with Crippen LogP contribution in [0.3, 0.4) is 0 Å². The zero-order chi connectivity index (χ0) is 15.7. The number of ether oxygens (including phenoxy) is 1. The van der Waals surface area contributed by atoms with Gasteiger partial charge in [0, 0.05) is 35.3 Å². The number of pyridine rings is 1. The highest BCUT2D eigenvalue weighted by Gasteiger charge is 2.61. The van der Waals surface area contributed by atoms with Crippen molar-refractivity contribution in [1.29, 1.82) is 0 Å². The van der Waals surface area contributed by atoms with E-state index in [2.05, 4.69) is 26.2 Å². The smallest absolute Gasteiger partial charge is 0.253 e. The van der Waals surface area contributed by atoms with Crippen molar-refractivity contribution in [3.05, 3.63) is 28.5 Å². The number of amides is 1. The molecule has 0 saturated heterocycles. The van der Waals surface area contributed by atoms with Crippen LogP contribution < -0.4 is 5.32 Å². The summed E-state index contributed by atoms with van der Waals surface area (Å²) in [7, 11) is 0. The highest BCUT2D eigenvalue weighted by Crippen LogP contribution is 2.51. The Morgan fingerprint density at radius 2 is 2.33 bits per heavy atom. The molecule has 116 valence electrons. The lowest BCUT2D eigenvalue weighted by molar-refractivity contribution is -0.172. The van der Waals surface area contributed by atoms with E-state index in [9.17, 15) is 9.90 Å². The van der Waals surface area contributed by atoms with E-state index < -0.39 is 5.54 Å². The number of nitrogens with one attached hydrogen (secondary N) is 1. The molecule has 0 aliphatic heterocycles. The molecule has 1 saturated carbocycles. The Kier molecular flexibility index (Phi) is 4.70. The zero-order valence-electron chi connectivity index (χ0n) is 12.5. The third kappa shape index (κ3) is 2.72. The molecule has 1 amide bonds. The summed E-state index contributed by atoms with van der Waals surface area (Å²) in [5.41, 5.74) is -0.479. The molecule has 1 aliphatic carbocycles. The number of hydrogen-bond acceptors (Lipinski definition) is 4. The maximum absolute atomic E-state index is 12.5. The van der Waals surface area contributed by atoms with E-state index in [-0.39, 0.29) is 24.0 Å². The predicted molar refractivity (Wildman–Crippen MR) is 83.0 cm³/mol. The van der Waals surface area contributed by atoms with E-state index in [1.54, 1.807) is 18.5 Å². The average Bonchev–Trinajstić information content (AvgIpc) is 2.46. The molecule has 1 aromatic heterocycles. The topological polar surface area (TPSA) is 71.5 Å². The lowest BCUT2D eigenvalue weighted by atomic mass is 9.54. The van der Waals surface area contributed by atoms with Gasteiger partial charge in [0.25, 0.3) is 5.91 Å². The fraction of sp³-hybridized carbons (Fsp3) is 0.600. The Bertz CT molecular complexity index is 535. The summed E-state index contributed by atoms with van der Waals surface area (Å²) in [5, 5.41) is 12.8. The van der Waals surface area contributed by atoms with Crippen molar-refractivity contribution in [3.8, 4) is 0 Å². The molecule has 0 spiro atoms. The maximum Gasteiger partial charge on any atom is 0.253 e. The van der Waals surface area contributed by atoms with Gasteiger partial charge in [-0.15, -0.1) is 0 Å². The molecular formula is C15H21BrN2O3. The number of nitrogens with zero attached hydrogens (tertiary/aromatic N) is 1. The first-order chi connectivity index (χ1) is 9.88. The van der Waals surface area contributed by atoms with Crippen LogP contribution in [0.4, 0.5) is 0 Å². The standard InChI is InChI=1S/C15H21BrN2O3/c1-4-21-12-7-15(9-19,14(12,2)3)18-13(20)10-5-6-17-8-11(10)16/h5-6,8,12,19H,4,7,9H2,1-3H3,(H,18,20). The predicted octanol–water partition coefficient (Wildman–Crippen LogP) is 2.14. The molecule has 2 rings (SSSR count). The molecule has 2 atom stereocenters. The molecule has 0 bridgehead atoms. The lowest BCUT2D eigenvalue weighted by Gasteiger charge is -2.60. The quantitative estimate of drug-likeness (QED) is 0.847. The molecule has 1 heterocycles. The van der Waals surface area contributed by atoms with Crippen LogP contribution in [0.5, 0.6) is 0 Å². The highest BCUT2D eigenvalue weighted by atomic mass is 79.9. The van der Waals surface area contributed by atoms with E-state index in [0.717, 1.165) is 0 Å². The van der Waals surface area contributed by atoms with E-state index in [1.807, 2.05) is 20.8 Å². The molecule has 1 fully saturated rings. The van der Waals surface area contributed by atoms with Crippen LogP contribution in [0.1, 0.15) is 37.6 Å². The number of hydrogen-bond donors (Lipinski definition) is 2. The monoisotopic (exact) mass is 356 g/mol. The Morgan fingerprint density at radius 1 is 1.62 bits per heavy atom. The molecule has 2 unspecified atom stereocenters. The number of carbonyl (C=O) groups excluding carboxylic acids is 1. The van der Waals surface area contributed by atoms with Crippen LogP contribution in [0, 0.1) is 5.41 Å². The van der Waals surface area contributed by atoms with Crippen LogP contribution in [-0.2, 0) is 4.74 Å². The highest BCUT2D eigenvalue weighted by molar-refractivity contribution is 9.10. The second-order valence-corrected chi connectivity index (χ2v) is 6.77. The minimum atomic E-state index is -0.660. The van der Waals surface area contributed by atoms with Crippen LogP contribution >= 0.6 is 15.9 Å². The van der Waals surface area contributed by atoms with Crippen molar-refractivity contribution in [2.24, 2.45) is 5.41 Å². The first-order valence-electron chi connectivity index (χ1n) is 7.02. The summed E-state index contributed by atoms with van der Waals surface area (Å²) in [6, 6.07) is 1.65. The van der Waals surface area contributed by atoms with Gasteiger partial charge in [0.15, 0.2) is 0 Å². The number of aromatic nitrogens is 1. The molecule has 6 heteroatoms. The van der Waals surface area contributed by atoms with Gasteiger partial charge >= 0.3 is 0 Å². The first-order valence-corrected chi connectivity index (χ1v) is 7.81. The Hall–Kier alpha value is -0.980. The van der Waals surface area contributed by atoms with Gasteiger partial charge in [-0.25, -0.2) is 0 Å². The van der Waals surface area contributed by atoms with Crippen LogP contribution in [-0.4, -0.2) is 40.9 Å². The van der Waals surface area contributed by atoms with Gasteiger partial charge in [0.05, 0.1) is 23.8 Å². The van der Waals surface area contributed by atoms with Gasteiger partial charge in [0.1, 0.15) is 0 Å². The number of aliphatic hydroxyl groups excluding tert-OH is 1. The van der Waals surface area contributed by atoms with Gasteiger partial charge < -0.3 is 15.2 Å². The molecule has 1 aliphatic rings. The Morgan fingerprint density at radius 3 is 2.86 bits per heavy atom. The third-order valence-electron chi connectivity index (χ3n) is 4.58. The van der Waals surface area contributed by atoms with Gasteiger partial charge in [-0.05, 0) is 28.9 Å². The van der Waals surface area contributed by atoms with E-state index in [4.69, 9.17) is 4.74 Å². The largest absolute Gasteiger partial charge is 0.394 e. The maximum atomic E-state index is 12.5. The van der Waals surface area contributed by atoms with Gasteiger partial charge in [-0.2, -0.15) is 0 Å². The lowest BCUT2D eigenvalue weighted by Crippen LogP contribution is -2.74. The van der Waals surface area contributed by atoms with E-state index in [1.165, 1.54) is 0 Å². The van der Waals surface area contributed by atoms with Gasteiger partial charge in [-0.1, -0.05) is 13.8 Å². The molecule has 5 nitrogen and oxygen atoms in total.